The summed E-state index contributed by atoms with van der Waals surface area (Å²) in [6.07, 6.45) is 0.319. The van der Waals surface area contributed by atoms with Crippen LogP contribution in [0.3, 0.4) is 0 Å². The van der Waals surface area contributed by atoms with Crippen molar-refractivity contribution in [1.82, 2.24) is 0 Å². The van der Waals surface area contributed by atoms with E-state index in [2.05, 4.69) is 6.58 Å². The first-order chi connectivity index (χ1) is 6.47. The highest BCUT2D eigenvalue weighted by atomic mass is 16.4. The number of hydrogen-bond donors (Lipinski definition) is 3. The van der Waals surface area contributed by atoms with Gasteiger partial charge in [-0.15, -0.1) is 0 Å². The van der Waals surface area contributed by atoms with Gasteiger partial charge in [0.1, 0.15) is 0 Å². The average Bonchev–Trinajstić information content (AvgIpc) is 2.13. The number of hydrogen-bond acceptors (Lipinski definition) is 3. The molecule has 0 aliphatic rings. The fourth-order valence-corrected chi connectivity index (χ4v) is 1.05. The number of aliphatic carboxylic acids is 1. The van der Waals surface area contributed by atoms with Crippen molar-refractivity contribution in [3.05, 3.63) is 12.2 Å². The Labute approximate surface area is 83.9 Å². The van der Waals surface area contributed by atoms with Gasteiger partial charge in [-0.1, -0.05) is 13.5 Å². The zero-order valence-corrected chi connectivity index (χ0v) is 8.44. The molecule has 0 aliphatic carbocycles. The molecule has 0 spiro atoms. The second-order valence-corrected chi connectivity index (χ2v) is 3.40. The van der Waals surface area contributed by atoms with Crippen molar-refractivity contribution in [1.29, 1.82) is 0 Å². The van der Waals surface area contributed by atoms with Crippen molar-refractivity contribution in [2.24, 2.45) is 0 Å². The van der Waals surface area contributed by atoms with Crippen molar-refractivity contribution in [3.63, 3.8) is 0 Å². The molecule has 4 heteroatoms. The molecule has 0 radical (unpaired) electrons. The summed E-state index contributed by atoms with van der Waals surface area (Å²) in [4.78, 5) is 10.4. The zero-order chi connectivity index (χ0) is 11.1. The zero-order valence-electron chi connectivity index (χ0n) is 8.44. The van der Waals surface area contributed by atoms with Crippen LogP contribution < -0.4 is 0 Å². The SMILES string of the molecule is C=C(CCC(O)CC(O)CC)C(=O)O. The summed E-state index contributed by atoms with van der Waals surface area (Å²) in [7, 11) is 0. The summed E-state index contributed by atoms with van der Waals surface area (Å²) in [6.45, 7) is 5.18. The second kappa shape index (κ2) is 6.56. The Morgan fingerprint density at radius 3 is 2.36 bits per heavy atom. The van der Waals surface area contributed by atoms with Crippen molar-refractivity contribution < 1.29 is 20.1 Å². The Kier molecular flexibility index (Phi) is 6.16. The fourth-order valence-electron chi connectivity index (χ4n) is 1.05. The minimum atomic E-state index is -1.03. The molecule has 3 N–H and O–H groups in total. The maximum absolute atomic E-state index is 10.4. The number of aliphatic hydroxyl groups excluding tert-OH is 2. The van der Waals surface area contributed by atoms with E-state index < -0.39 is 18.2 Å². The lowest BCUT2D eigenvalue weighted by Gasteiger charge is -2.13. The summed E-state index contributed by atoms with van der Waals surface area (Å²) >= 11 is 0. The van der Waals surface area contributed by atoms with Gasteiger partial charge >= 0.3 is 5.97 Å². The van der Waals surface area contributed by atoms with Gasteiger partial charge < -0.3 is 15.3 Å². The lowest BCUT2D eigenvalue weighted by Crippen LogP contribution is -2.17. The molecule has 4 nitrogen and oxygen atoms in total. The van der Waals surface area contributed by atoms with Crippen LogP contribution in [0.5, 0.6) is 0 Å². The summed E-state index contributed by atoms with van der Waals surface area (Å²) in [6, 6.07) is 0. The third-order valence-electron chi connectivity index (χ3n) is 2.10. The molecular formula is C10H18O4. The first kappa shape index (κ1) is 13.1. The number of rotatable bonds is 7. The maximum atomic E-state index is 10.4. The van der Waals surface area contributed by atoms with Crippen LogP contribution in [0.2, 0.25) is 0 Å². The van der Waals surface area contributed by atoms with Gasteiger partial charge in [-0.05, 0) is 25.7 Å². The van der Waals surface area contributed by atoms with Crippen LogP contribution in [0.15, 0.2) is 12.2 Å². The molecule has 0 bridgehead atoms. The van der Waals surface area contributed by atoms with E-state index in [0.29, 0.717) is 19.3 Å². The first-order valence-corrected chi connectivity index (χ1v) is 4.74. The summed E-state index contributed by atoms with van der Waals surface area (Å²) in [5, 5.41) is 27.1. The molecule has 0 aromatic rings. The fraction of sp³-hybridized carbons (Fsp3) is 0.700. The Balaban J connectivity index is 3.68. The predicted octanol–water partition coefficient (Wildman–Crippen LogP) is 0.929. The quantitative estimate of drug-likeness (QED) is 0.537. The highest BCUT2D eigenvalue weighted by Gasteiger charge is 2.12. The topological polar surface area (TPSA) is 77.8 Å². The summed E-state index contributed by atoms with van der Waals surface area (Å²) in [5.74, 6) is -1.03. The van der Waals surface area contributed by atoms with Gasteiger partial charge in [0.05, 0.1) is 12.2 Å². The summed E-state index contributed by atoms with van der Waals surface area (Å²) in [5.41, 5.74) is 0.0926. The van der Waals surface area contributed by atoms with E-state index in [0.717, 1.165) is 0 Å². The van der Waals surface area contributed by atoms with E-state index in [1.165, 1.54) is 0 Å². The molecule has 2 unspecified atom stereocenters. The van der Waals surface area contributed by atoms with Gasteiger partial charge in [0.25, 0.3) is 0 Å². The van der Waals surface area contributed by atoms with Gasteiger partial charge in [0.15, 0.2) is 0 Å². The number of carbonyl (C=O) groups is 1. The minimum Gasteiger partial charge on any atom is -0.478 e. The molecule has 0 fully saturated rings. The largest absolute Gasteiger partial charge is 0.478 e. The van der Waals surface area contributed by atoms with Gasteiger partial charge in [-0.3, -0.25) is 0 Å². The number of aliphatic hydroxyl groups is 2. The van der Waals surface area contributed by atoms with Crippen LogP contribution in [0.25, 0.3) is 0 Å². The molecular weight excluding hydrogens is 184 g/mol. The number of carboxylic acid groups (broad SMARTS) is 1. The lowest BCUT2D eigenvalue weighted by molar-refractivity contribution is -0.132. The van der Waals surface area contributed by atoms with E-state index in [1.807, 2.05) is 6.92 Å². The van der Waals surface area contributed by atoms with Crippen LogP contribution in [0.4, 0.5) is 0 Å². The highest BCUT2D eigenvalue weighted by molar-refractivity contribution is 5.85. The van der Waals surface area contributed by atoms with E-state index in [-0.39, 0.29) is 12.0 Å². The Morgan fingerprint density at radius 1 is 1.36 bits per heavy atom. The minimum absolute atomic E-state index is 0.0926. The van der Waals surface area contributed by atoms with Crippen LogP contribution >= 0.6 is 0 Å². The van der Waals surface area contributed by atoms with Gasteiger partial charge in [-0.2, -0.15) is 0 Å². The van der Waals surface area contributed by atoms with Crippen molar-refractivity contribution >= 4 is 5.97 Å². The lowest BCUT2D eigenvalue weighted by atomic mass is 10.0. The Morgan fingerprint density at radius 2 is 1.93 bits per heavy atom. The van der Waals surface area contributed by atoms with Crippen LogP contribution in [-0.4, -0.2) is 33.5 Å². The standard InChI is InChI=1S/C10H18O4/c1-3-8(11)6-9(12)5-4-7(2)10(13)14/h8-9,11-12H,2-6H2,1H3,(H,13,14). The van der Waals surface area contributed by atoms with E-state index in [9.17, 15) is 15.0 Å². The van der Waals surface area contributed by atoms with Crippen molar-refractivity contribution in [2.75, 3.05) is 0 Å². The van der Waals surface area contributed by atoms with E-state index >= 15 is 0 Å². The van der Waals surface area contributed by atoms with E-state index in [1.54, 1.807) is 0 Å². The van der Waals surface area contributed by atoms with Gasteiger partial charge in [0, 0.05) is 5.57 Å². The maximum Gasteiger partial charge on any atom is 0.330 e. The molecule has 0 aliphatic heterocycles. The van der Waals surface area contributed by atoms with Gasteiger partial charge in [-0.25, -0.2) is 4.79 Å². The average molecular weight is 202 g/mol. The summed E-state index contributed by atoms with van der Waals surface area (Å²) < 4.78 is 0. The van der Waals surface area contributed by atoms with Crippen LogP contribution in [0, 0.1) is 0 Å². The molecule has 2 atom stereocenters. The van der Waals surface area contributed by atoms with Crippen LogP contribution in [0.1, 0.15) is 32.6 Å². The Hall–Kier alpha value is -0.870. The monoisotopic (exact) mass is 202 g/mol. The molecule has 0 aromatic heterocycles. The van der Waals surface area contributed by atoms with Gasteiger partial charge in [0.2, 0.25) is 0 Å². The normalized spacial score (nSPS) is 14.8. The molecule has 14 heavy (non-hydrogen) atoms. The highest BCUT2D eigenvalue weighted by Crippen LogP contribution is 2.11. The van der Waals surface area contributed by atoms with Crippen LogP contribution in [-0.2, 0) is 4.79 Å². The smallest absolute Gasteiger partial charge is 0.330 e. The number of carboxylic acids is 1. The van der Waals surface area contributed by atoms with Crippen molar-refractivity contribution in [3.8, 4) is 0 Å². The molecule has 0 saturated carbocycles. The molecule has 0 saturated heterocycles. The third-order valence-corrected chi connectivity index (χ3v) is 2.10. The molecule has 0 rings (SSSR count). The first-order valence-electron chi connectivity index (χ1n) is 4.74. The van der Waals surface area contributed by atoms with Crippen molar-refractivity contribution in [2.45, 2.75) is 44.8 Å². The predicted molar refractivity (Wildman–Crippen MR) is 52.9 cm³/mol. The van der Waals surface area contributed by atoms with E-state index in [4.69, 9.17) is 5.11 Å². The third kappa shape index (κ3) is 5.72. The molecule has 0 aromatic carbocycles. The molecule has 0 heterocycles. The molecule has 0 amide bonds. The molecule has 82 valence electrons. The Bertz CT molecular complexity index is 200. The second-order valence-electron chi connectivity index (χ2n) is 3.40.